The maximum Gasteiger partial charge on any atom is 0.251 e. The van der Waals surface area contributed by atoms with Crippen LogP contribution < -0.4 is 10.9 Å². The Kier molecular flexibility index (Phi) is 4.30. The molecule has 1 heterocycles. The van der Waals surface area contributed by atoms with Crippen LogP contribution >= 0.6 is 11.8 Å². The van der Waals surface area contributed by atoms with E-state index in [2.05, 4.69) is 15.3 Å². The molecule has 98 valence electrons. The topological polar surface area (TPSA) is 74.8 Å². The summed E-state index contributed by atoms with van der Waals surface area (Å²) in [5, 5.41) is 2.98. The molecule has 5 nitrogen and oxygen atoms in total. The highest BCUT2D eigenvalue weighted by Gasteiger charge is 2.05. The summed E-state index contributed by atoms with van der Waals surface area (Å²) in [5.41, 5.74) is 0.248. The Morgan fingerprint density at radius 2 is 2.05 bits per heavy atom. The molecule has 19 heavy (non-hydrogen) atoms. The number of aromatic nitrogens is 2. The van der Waals surface area contributed by atoms with E-state index in [0.717, 1.165) is 11.8 Å². The predicted molar refractivity (Wildman–Crippen MR) is 70.6 cm³/mol. The Morgan fingerprint density at radius 3 is 2.74 bits per heavy atom. The molecule has 0 atom stereocenters. The van der Waals surface area contributed by atoms with Crippen LogP contribution in [-0.4, -0.2) is 21.6 Å². The van der Waals surface area contributed by atoms with Crippen LogP contribution in [0.2, 0.25) is 0 Å². The first-order valence-electron chi connectivity index (χ1n) is 5.37. The molecule has 0 saturated heterocycles. The number of H-pyrrole nitrogens is 1. The van der Waals surface area contributed by atoms with Gasteiger partial charge in [0.25, 0.3) is 5.56 Å². The Balaban J connectivity index is 1.88. The minimum Gasteiger partial charge on any atom is -0.325 e. The van der Waals surface area contributed by atoms with Crippen molar-refractivity contribution in [1.29, 1.82) is 0 Å². The van der Waals surface area contributed by atoms with Crippen molar-refractivity contribution in [3.8, 4) is 0 Å². The number of hydrogen-bond acceptors (Lipinski definition) is 4. The number of nitrogens with zero attached hydrogens (tertiary/aromatic N) is 1. The summed E-state index contributed by atoms with van der Waals surface area (Å²) >= 11 is 1.11. The van der Waals surface area contributed by atoms with Crippen molar-refractivity contribution < 1.29 is 9.18 Å². The van der Waals surface area contributed by atoms with Gasteiger partial charge in [-0.15, -0.1) is 0 Å². The molecule has 7 heteroatoms. The van der Waals surface area contributed by atoms with Gasteiger partial charge in [0.15, 0.2) is 5.16 Å². The quantitative estimate of drug-likeness (QED) is 0.659. The third-order valence-electron chi connectivity index (χ3n) is 2.12. The molecule has 0 aliphatic heterocycles. The van der Waals surface area contributed by atoms with E-state index in [9.17, 15) is 14.0 Å². The van der Waals surface area contributed by atoms with Crippen molar-refractivity contribution >= 4 is 23.4 Å². The SMILES string of the molecule is O=C(CSc1nccc(=O)[nH]1)Nc1ccc(F)cc1. The van der Waals surface area contributed by atoms with Crippen molar-refractivity contribution in [2.75, 3.05) is 11.1 Å². The number of carbonyl (C=O) groups excluding carboxylic acids is 1. The highest BCUT2D eigenvalue weighted by atomic mass is 32.2. The first-order chi connectivity index (χ1) is 9.13. The second kappa shape index (κ2) is 6.14. The summed E-state index contributed by atoms with van der Waals surface area (Å²) in [6.45, 7) is 0. The number of thioether (sulfide) groups is 1. The summed E-state index contributed by atoms with van der Waals surface area (Å²) in [6.07, 6.45) is 1.37. The van der Waals surface area contributed by atoms with Crippen LogP contribution in [0.25, 0.3) is 0 Å². The number of nitrogens with one attached hydrogen (secondary N) is 2. The third kappa shape index (κ3) is 4.22. The summed E-state index contributed by atoms with van der Waals surface area (Å²) in [5.74, 6) is -0.522. The lowest BCUT2D eigenvalue weighted by molar-refractivity contribution is -0.113. The Hall–Kier alpha value is -2.15. The van der Waals surface area contributed by atoms with Crippen LogP contribution in [0.15, 0.2) is 46.5 Å². The molecule has 0 saturated carbocycles. The normalized spacial score (nSPS) is 10.2. The number of anilines is 1. The molecule has 1 aromatic carbocycles. The Morgan fingerprint density at radius 1 is 1.32 bits per heavy atom. The van der Waals surface area contributed by atoms with Crippen LogP contribution in [0.1, 0.15) is 0 Å². The van der Waals surface area contributed by atoms with Gasteiger partial charge in [0.1, 0.15) is 5.82 Å². The van der Waals surface area contributed by atoms with Gasteiger partial charge < -0.3 is 10.3 Å². The van der Waals surface area contributed by atoms with Crippen LogP contribution in [0.3, 0.4) is 0 Å². The fourth-order valence-corrected chi connectivity index (χ4v) is 1.94. The molecule has 2 rings (SSSR count). The average Bonchev–Trinajstić information content (AvgIpc) is 2.39. The van der Waals surface area contributed by atoms with Gasteiger partial charge in [0, 0.05) is 18.0 Å². The van der Waals surface area contributed by atoms with E-state index >= 15 is 0 Å². The molecule has 0 fully saturated rings. The van der Waals surface area contributed by atoms with E-state index in [0.29, 0.717) is 10.8 Å². The van der Waals surface area contributed by atoms with Gasteiger partial charge in [-0.25, -0.2) is 9.37 Å². The van der Waals surface area contributed by atoms with Crippen LogP contribution in [-0.2, 0) is 4.79 Å². The molecule has 0 spiro atoms. The standard InChI is InChI=1S/C12H10FN3O2S/c13-8-1-3-9(4-2-8)15-11(18)7-19-12-14-6-5-10(17)16-12/h1-6H,7H2,(H,15,18)(H,14,16,17). The number of rotatable bonds is 4. The minimum atomic E-state index is -0.363. The monoisotopic (exact) mass is 279 g/mol. The molecule has 2 aromatic rings. The first-order valence-corrected chi connectivity index (χ1v) is 6.35. The highest BCUT2D eigenvalue weighted by Crippen LogP contribution is 2.12. The fourth-order valence-electron chi connectivity index (χ4n) is 1.29. The molecule has 0 aliphatic rings. The number of carbonyl (C=O) groups is 1. The Bertz CT molecular complexity index is 627. The second-order valence-electron chi connectivity index (χ2n) is 3.58. The second-order valence-corrected chi connectivity index (χ2v) is 4.55. The molecule has 0 aliphatic carbocycles. The first kappa shape index (κ1) is 13.3. The van der Waals surface area contributed by atoms with Gasteiger partial charge in [0.05, 0.1) is 5.75 Å². The maximum atomic E-state index is 12.7. The zero-order chi connectivity index (χ0) is 13.7. The van der Waals surface area contributed by atoms with E-state index in [1.165, 1.54) is 36.5 Å². The van der Waals surface area contributed by atoms with Crippen LogP contribution in [0, 0.1) is 5.82 Å². The number of hydrogen-bond donors (Lipinski definition) is 2. The lowest BCUT2D eigenvalue weighted by Crippen LogP contribution is -2.15. The maximum absolute atomic E-state index is 12.7. The fraction of sp³-hybridized carbons (Fsp3) is 0.0833. The van der Waals surface area contributed by atoms with Crippen LogP contribution in [0.4, 0.5) is 10.1 Å². The minimum absolute atomic E-state index is 0.102. The van der Waals surface area contributed by atoms with Gasteiger partial charge in [-0.2, -0.15) is 0 Å². The number of amides is 1. The smallest absolute Gasteiger partial charge is 0.251 e. The number of halogens is 1. The number of benzene rings is 1. The highest BCUT2D eigenvalue weighted by molar-refractivity contribution is 7.99. The van der Waals surface area contributed by atoms with Crippen LogP contribution in [0.5, 0.6) is 0 Å². The average molecular weight is 279 g/mol. The molecule has 0 unspecified atom stereocenters. The predicted octanol–water partition coefficient (Wildman–Crippen LogP) is 1.64. The van der Waals surface area contributed by atoms with Crippen molar-refractivity contribution in [1.82, 2.24) is 9.97 Å². The van der Waals surface area contributed by atoms with Crippen molar-refractivity contribution in [2.45, 2.75) is 5.16 Å². The van der Waals surface area contributed by atoms with Crippen molar-refractivity contribution in [3.63, 3.8) is 0 Å². The van der Waals surface area contributed by atoms with E-state index in [1.54, 1.807) is 0 Å². The zero-order valence-corrected chi connectivity index (χ0v) is 10.5. The van der Waals surface area contributed by atoms with E-state index in [1.807, 2.05) is 0 Å². The molecular weight excluding hydrogens is 269 g/mol. The summed E-state index contributed by atoms with van der Waals surface area (Å²) in [7, 11) is 0. The van der Waals surface area contributed by atoms with E-state index in [4.69, 9.17) is 0 Å². The van der Waals surface area contributed by atoms with Crippen molar-refractivity contribution in [3.05, 3.63) is 52.7 Å². The molecule has 0 bridgehead atoms. The molecule has 1 amide bonds. The van der Waals surface area contributed by atoms with E-state index in [-0.39, 0.29) is 23.0 Å². The Labute approximate surface area is 112 Å². The third-order valence-corrected chi connectivity index (χ3v) is 3.00. The lowest BCUT2D eigenvalue weighted by Gasteiger charge is -2.04. The summed E-state index contributed by atoms with van der Waals surface area (Å²) in [6, 6.07) is 6.77. The molecule has 1 aromatic heterocycles. The number of aromatic amines is 1. The van der Waals surface area contributed by atoms with Gasteiger partial charge in [-0.1, -0.05) is 11.8 Å². The summed E-state index contributed by atoms with van der Waals surface area (Å²) in [4.78, 5) is 29.0. The van der Waals surface area contributed by atoms with Gasteiger partial charge >= 0.3 is 0 Å². The molecule has 2 N–H and O–H groups in total. The lowest BCUT2D eigenvalue weighted by atomic mass is 10.3. The van der Waals surface area contributed by atoms with Gasteiger partial charge in [0.2, 0.25) is 5.91 Å². The van der Waals surface area contributed by atoms with Crippen molar-refractivity contribution in [2.24, 2.45) is 0 Å². The molecule has 0 radical (unpaired) electrons. The summed E-state index contributed by atoms with van der Waals surface area (Å²) < 4.78 is 12.7. The zero-order valence-electron chi connectivity index (χ0n) is 9.72. The van der Waals surface area contributed by atoms with Gasteiger partial charge in [-0.3, -0.25) is 9.59 Å². The molecular formula is C12H10FN3O2S. The van der Waals surface area contributed by atoms with E-state index < -0.39 is 0 Å². The largest absolute Gasteiger partial charge is 0.325 e. The van der Waals surface area contributed by atoms with Gasteiger partial charge in [-0.05, 0) is 24.3 Å².